The van der Waals surface area contributed by atoms with Gasteiger partial charge in [0.1, 0.15) is 5.76 Å². The predicted molar refractivity (Wildman–Crippen MR) is 95.0 cm³/mol. The summed E-state index contributed by atoms with van der Waals surface area (Å²) < 4.78 is 53.5. The van der Waals surface area contributed by atoms with E-state index in [2.05, 4.69) is 10.1 Å². The van der Waals surface area contributed by atoms with Crippen LogP contribution in [0.3, 0.4) is 0 Å². The highest BCUT2D eigenvalue weighted by Gasteiger charge is 2.30. The maximum Gasteiger partial charge on any atom is 0.416 e. The van der Waals surface area contributed by atoms with Crippen molar-refractivity contribution in [3.05, 3.63) is 63.5 Å². The van der Waals surface area contributed by atoms with Crippen LogP contribution in [0.5, 0.6) is 0 Å². The number of ether oxygens (including phenoxy) is 1. The molecular weight excluding hydrogens is 480 g/mol. The van der Waals surface area contributed by atoms with Crippen molar-refractivity contribution in [2.24, 2.45) is 0 Å². The standard InChI is InChI=1S/C17H10F3IN2O4/c18-17(19,20)11-3-1-10(2-4-11)16-22-14(27-23-16)9-25-15(24)8-6-12-5-7-13(21)26-12/h1-8H,9H2/b8-6+. The number of furan rings is 1. The van der Waals surface area contributed by atoms with Gasteiger partial charge in [-0.15, -0.1) is 0 Å². The number of halogens is 4. The third kappa shape index (κ3) is 5.18. The van der Waals surface area contributed by atoms with Crippen LogP contribution < -0.4 is 0 Å². The van der Waals surface area contributed by atoms with E-state index in [9.17, 15) is 18.0 Å². The second-order valence-electron chi connectivity index (χ2n) is 5.17. The molecule has 0 saturated carbocycles. The number of hydrogen-bond donors (Lipinski definition) is 0. The Kier molecular flexibility index (Phi) is 5.63. The van der Waals surface area contributed by atoms with E-state index < -0.39 is 17.7 Å². The third-order valence-corrected chi connectivity index (χ3v) is 3.83. The monoisotopic (exact) mass is 490 g/mol. The Labute approximate surface area is 164 Å². The molecule has 2 aromatic heterocycles. The summed E-state index contributed by atoms with van der Waals surface area (Å²) >= 11 is 1.99. The molecule has 0 radical (unpaired) electrons. The Morgan fingerprint density at radius 1 is 1.19 bits per heavy atom. The summed E-state index contributed by atoms with van der Waals surface area (Å²) in [5.41, 5.74) is -0.432. The van der Waals surface area contributed by atoms with Crippen LogP contribution in [0.1, 0.15) is 17.2 Å². The lowest BCUT2D eigenvalue weighted by atomic mass is 10.1. The lowest BCUT2D eigenvalue weighted by Crippen LogP contribution is -2.04. The molecule has 0 saturated heterocycles. The average molecular weight is 490 g/mol. The molecule has 0 bridgehead atoms. The first kappa shape index (κ1) is 19.1. The summed E-state index contributed by atoms with van der Waals surface area (Å²) in [5.74, 6) is -0.0379. The Balaban J connectivity index is 1.57. The summed E-state index contributed by atoms with van der Waals surface area (Å²) in [5, 5.41) is 3.66. The van der Waals surface area contributed by atoms with E-state index in [0.717, 1.165) is 12.1 Å². The molecule has 2 heterocycles. The van der Waals surface area contributed by atoms with E-state index in [0.29, 0.717) is 15.1 Å². The number of carbonyl (C=O) groups excluding carboxylic acids is 1. The van der Waals surface area contributed by atoms with Gasteiger partial charge < -0.3 is 13.7 Å². The van der Waals surface area contributed by atoms with Gasteiger partial charge in [0, 0.05) is 11.6 Å². The lowest BCUT2D eigenvalue weighted by molar-refractivity contribution is -0.140. The quantitative estimate of drug-likeness (QED) is 0.293. The molecule has 10 heteroatoms. The number of aromatic nitrogens is 2. The first-order chi connectivity index (χ1) is 12.8. The second kappa shape index (κ2) is 7.94. The number of rotatable bonds is 5. The van der Waals surface area contributed by atoms with E-state index in [1.807, 2.05) is 22.6 Å². The van der Waals surface area contributed by atoms with Crippen molar-refractivity contribution >= 4 is 34.6 Å². The smallest absolute Gasteiger partial charge is 0.416 e. The molecule has 3 aromatic rings. The highest BCUT2D eigenvalue weighted by atomic mass is 127. The van der Waals surface area contributed by atoms with Gasteiger partial charge in [-0.25, -0.2) is 4.79 Å². The number of alkyl halides is 3. The van der Waals surface area contributed by atoms with Crippen molar-refractivity contribution in [2.45, 2.75) is 12.8 Å². The summed E-state index contributed by atoms with van der Waals surface area (Å²) in [6.07, 6.45) is -1.79. The number of benzene rings is 1. The normalized spacial score (nSPS) is 11.9. The minimum absolute atomic E-state index is 0.0131. The molecule has 140 valence electrons. The van der Waals surface area contributed by atoms with Crippen LogP contribution in [-0.4, -0.2) is 16.1 Å². The zero-order valence-corrected chi connectivity index (χ0v) is 15.5. The summed E-state index contributed by atoms with van der Waals surface area (Å²) in [6, 6.07) is 7.75. The molecule has 27 heavy (non-hydrogen) atoms. The molecule has 0 atom stereocenters. The summed E-state index contributed by atoms with van der Waals surface area (Å²) in [4.78, 5) is 15.6. The predicted octanol–water partition coefficient (Wildman–Crippen LogP) is 4.71. The Bertz CT molecular complexity index is 961. The van der Waals surface area contributed by atoms with Gasteiger partial charge in [-0.05, 0) is 52.9 Å². The van der Waals surface area contributed by atoms with Gasteiger partial charge in [-0.1, -0.05) is 17.3 Å². The van der Waals surface area contributed by atoms with Crippen LogP contribution in [0.4, 0.5) is 13.2 Å². The maximum absolute atomic E-state index is 12.6. The van der Waals surface area contributed by atoms with Crippen LogP contribution >= 0.6 is 22.6 Å². The Morgan fingerprint density at radius 3 is 2.56 bits per heavy atom. The Hall–Kier alpha value is -2.63. The van der Waals surface area contributed by atoms with E-state index in [4.69, 9.17) is 13.7 Å². The van der Waals surface area contributed by atoms with E-state index in [-0.39, 0.29) is 18.3 Å². The molecule has 0 unspecified atom stereocenters. The van der Waals surface area contributed by atoms with Crippen LogP contribution in [0.2, 0.25) is 0 Å². The van der Waals surface area contributed by atoms with Crippen molar-refractivity contribution in [1.82, 2.24) is 10.1 Å². The zero-order chi connectivity index (χ0) is 19.4. The number of hydrogen-bond acceptors (Lipinski definition) is 6. The van der Waals surface area contributed by atoms with Crippen molar-refractivity contribution in [3.8, 4) is 11.4 Å². The van der Waals surface area contributed by atoms with Crippen molar-refractivity contribution in [1.29, 1.82) is 0 Å². The maximum atomic E-state index is 12.6. The fourth-order valence-corrected chi connectivity index (χ4v) is 2.42. The number of nitrogens with zero attached hydrogens (tertiary/aromatic N) is 2. The molecule has 0 aliphatic carbocycles. The molecule has 0 aliphatic rings. The number of carbonyl (C=O) groups is 1. The van der Waals surface area contributed by atoms with E-state index in [1.54, 1.807) is 12.1 Å². The van der Waals surface area contributed by atoms with Crippen LogP contribution in [0.25, 0.3) is 17.5 Å². The molecule has 0 fully saturated rings. The van der Waals surface area contributed by atoms with Crippen molar-refractivity contribution in [2.75, 3.05) is 0 Å². The molecule has 0 spiro atoms. The summed E-state index contributed by atoms with van der Waals surface area (Å²) in [6.45, 7) is -0.271. The molecule has 0 N–H and O–H groups in total. The van der Waals surface area contributed by atoms with Crippen LogP contribution in [0.15, 0.2) is 51.4 Å². The first-order valence-electron chi connectivity index (χ1n) is 7.41. The molecule has 1 aromatic carbocycles. The van der Waals surface area contributed by atoms with Crippen LogP contribution in [0, 0.1) is 3.77 Å². The highest BCUT2D eigenvalue weighted by molar-refractivity contribution is 14.1. The van der Waals surface area contributed by atoms with Gasteiger partial charge in [0.05, 0.1) is 5.56 Å². The van der Waals surface area contributed by atoms with Crippen molar-refractivity contribution in [3.63, 3.8) is 0 Å². The SMILES string of the molecule is O=C(/C=C/c1ccc(I)o1)OCc1nc(-c2ccc(C(F)(F)F)cc2)no1. The van der Waals surface area contributed by atoms with Crippen LogP contribution in [-0.2, 0) is 22.3 Å². The topological polar surface area (TPSA) is 78.4 Å². The molecule has 3 rings (SSSR count). The minimum Gasteiger partial charge on any atom is -0.452 e. The van der Waals surface area contributed by atoms with Crippen molar-refractivity contribution < 1.29 is 31.6 Å². The highest BCUT2D eigenvalue weighted by Crippen LogP contribution is 2.30. The van der Waals surface area contributed by atoms with E-state index >= 15 is 0 Å². The van der Waals surface area contributed by atoms with Gasteiger partial charge >= 0.3 is 12.1 Å². The summed E-state index contributed by atoms with van der Waals surface area (Å²) in [7, 11) is 0. The fourth-order valence-electron chi connectivity index (χ4n) is 1.99. The van der Waals surface area contributed by atoms with Gasteiger partial charge in [-0.3, -0.25) is 0 Å². The molecule has 6 nitrogen and oxygen atoms in total. The number of esters is 1. The molecule has 0 amide bonds. The Morgan fingerprint density at radius 2 is 1.93 bits per heavy atom. The third-order valence-electron chi connectivity index (χ3n) is 3.25. The van der Waals surface area contributed by atoms with Gasteiger partial charge in [0.2, 0.25) is 5.82 Å². The second-order valence-corrected chi connectivity index (χ2v) is 6.23. The van der Waals surface area contributed by atoms with Gasteiger partial charge in [0.15, 0.2) is 10.4 Å². The molecular formula is C17H10F3IN2O4. The molecule has 0 aliphatic heterocycles. The fraction of sp³-hybridized carbons (Fsp3) is 0.118. The minimum atomic E-state index is -4.42. The van der Waals surface area contributed by atoms with E-state index in [1.165, 1.54) is 24.3 Å². The van der Waals surface area contributed by atoms with Gasteiger partial charge in [0.25, 0.3) is 5.89 Å². The van der Waals surface area contributed by atoms with Gasteiger partial charge in [-0.2, -0.15) is 18.2 Å². The largest absolute Gasteiger partial charge is 0.452 e. The average Bonchev–Trinajstić information content (AvgIpc) is 3.26. The lowest BCUT2D eigenvalue weighted by Gasteiger charge is -2.05. The first-order valence-corrected chi connectivity index (χ1v) is 8.49. The zero-order valence-electron chi connectivity index (χ0n) is 13.4.